The van der Waals surface area contributed by atoms with Gasteiger partial charge in [-0.25, -0.2) is 4.39 Å². The molecule has 144 valence electrons. The van der Waals surface area contributed by atoms with Gasteiger partial charge in [0.1, 0.15) is 25.5 Å². The number of aromatic nitrogens is 1. The summed E-state index contributed by atoms with van der Waals surface area (Å²) >= 11 is 0. The molecule has 1 N–H and O–H groups in total. The standard InChI is InChI=1S/C23H24FN3O/c1-28-13-12-26(16-20-7-4-6-19(14-20)15-25)18-22-9-5-11-27(22)17-21-8-2-3-10-23(21)24/h2-11,14H,12-13,16-18H2,1H3/p+1. The first-order valence-corrected chi connectivity index (χ1v) is 9.38. The summed E-state index contributed by atoms with van der Waals surface area (Å²) in [7, 11) is 1.70. The van der Waals surface area contributed by atoms with Gasteiger partial charge >= 0.3 is 0 Å². The normalized spacial score (nSPS) is 11.9. The Balaban J connectivity index is 1.75. The highest BCUT2D eigenvalue weighted by atomic mass is 19.1. The molecule has 0 saturated carbocycles. The molecule has 1 atom stereocenters. The molecule has 3 aromatic rings. The molecule has 28 heavy (non-hydrogen) atoms. The molecule has 0 fully saturated rings. The predicted molar refractivity (Wildman–Crippen MR) is 106 cm³/mol. The SMILES string of the molecule is COCC[NH+](Cc1cccc(C#N)c1)Cc1cccn1Cc1ccccc1F. The molecule has 0 saturated heterocycles. The van der Waals surface area contributed by atoms with Gasteiger partial charge in [-0.15, -0.1) is 0 Å². The summed E-state index contributed by atoms with van der Waals surface area (Å²) in [5.74, 6) is -0.181. The van der Waals surface area contributed by atoms with E-state index in [0.29, 0.717) is 24.3 Å². The zero-order valence-electron chi connectivity index (χ0n) is 16.1. The number of hydrogen-bond donors (Lipinski definition) is 1. The fraction of sp³-hybridized carbons (Fsp3) is 0.261. The van der Waals surface area contributed by atoms with Gasteiger partial charge in [-0.1, -0.05) is 30.3 Å². The topological polar surface area (TPSA) is 42.4 Å². The lowest BCUT2D eigenvalue weighted by Gasteiger charge is -2.21. The van der Waals surface area contributed by atoms with E-state index in [1.165, 1.54) is 11.0 Å². The van der Waals surface area contributed by atoms with Crippen LogP contribution in [0.4, 0.5) is 4.39 Å². The average molecular weight is 378 g/mol. The Hall–Kier alpha value is -2.94. The van der Waals surface area contributed by atoms with Crippen molar-refractivity contribution in [1.29, 1.82) is 5.26 Å². The average Bonchev–Trinajstić information content (AvgIpc) is 3.14. The van der Waals surface area contributed by atoms with Gasteiger partial charge in [-0.3, -0.25) is 0 Å². The number of nitrogens with one attached hydrogen (secondary N) is 1. The molecule has 0 amide bonds. The maximum Gasteiger partial charge on any atom is 0.128 e. The van der Waals surface area contributed by atoms with Crippen molar-refractivity contribution >= 4 is 0 Å². The van der Waals surface area contributed by atoms with Crippen LogP contribution in [0.25, 0.3) is 0 Å². The highest BCUT2D eigenvalue weighted by molar-refractivity contribution is 5.32. The van der Waals surface area contributed by atoms with Crippen molar-refractivity contribution < 1.29 is 14.0 Å². The molecule has 3 rings (SSSR count). The molecule has 0 aliphatic heterocycles. The van der Waals surface area contributed by atoms with Crippen molar-refractivity contribution in [2.24, 2.45) is 0 Å². The van der Waals surface area contributed by atoms with Crippen molar-refractivity contribution in [1.82, 2.24) is 4.57 Å². The minimum Gasteiger partial charge on any atom is -0.379 e. The Morgan fingerprint density at radius 2 is 1.93 bits per heavy atom. The molecule has 4 nitrogen and oxygen atoms in total. The van der Waals surface area contributed by atoms with Crippen molar-refractivity contribution in [2.45, 2.75) is 19.6 Å². The second-order valence-corrected chi connectivity index (χ2v) is 6.88. The van der Waals surface area contributed by atoms with E-state index in [-0.39, 0.29) is 5.82 Å². The van der Waals surface area contributed by atoms with Crippen LogP contribution >= 0.6 is 0 Å². The van der Waals surface area contributed by atoms with Gasteiger partial charge in [0.05, 0.1) is 30.5 Å². The highest BCUT2D eigenvalue weighted by Crippen LogP contribution is 2.11. The fourth-order valence-corrected chi connectivity index (χ4v) is 3.36. The van der Waals surface area contributed by atoms with Crippen molar-refractivity contribution in [3.8, 4) is 6.07 Å². The van der Waals surface area contributed by atoms with Crippen LogP contribution in [0.1, 0.15) is 22.4 Å². The molecular formula is C23H25FN3O+. The molecular weight excluding hydrogens is 353 g/mol. The number of quaternary nitrogens is 1. The van der Waals surface area contributed by atoms with E-state index in [2.05, 4.69) is 16.7 Å². The maximum atomic E-state index is 14.0. The van der Waals surface area contributed by atoms with E-state index in [1.54, 1.807) is 13.2 Å². The van der Waals surface area contributed by atoms with Crippen molar-refractivity contribution in [3.05, 3.63) is 95.1 Å². The summed E-state index contributed by atoms with van der Waals surface area (Å²) in [6.07, 6.45) is 1.99. The van der Waals surface area contributed by atoms with Gasteiger partial charge in [0.2, 0.25) is 0 Å². The zero-order chi connectivity index (χ0) is 19.8. The van der Waals surface area contributed by atoms with Crippen molar-refractivity contribution in [3.63, 3.8) is 0 Å². The van der Waals surface area contributed by atoms with E-state index in [4.69, 9.17) is 10.00 Å². The minimum atomic E-state index is -0.181. The summed E-state index contributed by atoms with van der Waals surface area (Å²) in [6.45, 7) is 3.60. The monoisotopic (exact) mass is 378 g/mol. The second-order valence-electron chi connectivity index (χ2n) is 6.88. The first-order chi connectivity index (χ1) is 13.7. The van der Waals surface area contributed by atoms with Gasteiger partial charge in [0.15, 0.2) is 0 Å². The van der Waals surface area contributed by atoms with Gasteiger partial charge in [-0.2, -0.15) is 5.26 Å². The summed E-state index contributed by atoms with van der Waals surface area (Å²) < 4.78 is 21.4. The molecule has 0 radical (unpaired) electrons. The first-order valence-electron chi connectivity index (χ1n) is 9.38. The van der Waals surface area contributed by atoms with Gasteiger partial charge in [0.25, 0.3) is 0 Å². The first kappa shape index (κ1) is 19.8. The van der Waals surface area contributed by atoms with E-state index in [1.807, 2.05) is 48.7 Å². The van der Waals surface area contributed by atoms with Gasteiger partial charge in [0, 0.05) is 24.4 Å². The highest BCUT2D eigenvalue weighted by Gasteiger charge is 2.14. The lowest BCUT2D eigenvalue weighted by atomic mass is 10.1. The second kappa shape index (κ2) is 9.84. The number of nitriles is 1. The molecule has 1 unspecified atom stereocenters. The molecule has 0 bridgehead atoms. The minimum absolute atomic E-state index is 0.181. The van der Waals surface area contributed by atoms with Crippen LogP contribution in [0.5, 0.6) is 0 Å². The summed E-state index contributed by atoms with van der Waals surface area (Å²) in [4.78, 5) is 1.32. The summed E-state index contributed by atoms with van der Waals surface area (Å²) in [5, 5.41) is 9.13. The smallest absolute Gasteiger partial charge is 0.128 e. The molecule has 0 spiro atoms. The van der Waals surface area contributed by atoms with Crippen LogP contribution in [-0.4, -0.2) is 24.8 Å². The number of ether oxygens (including phenoxy) is 1. The van der Waals surface area contributed by atoms with Crippen LogP contribution in [0.2, 0.25) is 0 Å². The number of halogens is 1. The molecule has 5 heteroatoms. The summed E-state index contributed by atoms with van der Waals surface area (Å²) in [6, 6.07) is 20.9. The fourth-order valence-electron chi connectivity index (χ4n) is 3.36. The Morgan fingerprint density at radius 1 is 1.07 bits per heavy atom. The quantitative estimate of drug-likeness (QED) is 0.622. The third-order valence-electron chi connectivity index (χ3n) is 4.82. The number of rotatable bonds is 9. The molecule has 1 aromatic heterocycles. The summed E-state index contributed by atoms with van der Waals surface area (Å²) in [5.41, 5.74) is 3.62. The Labute approximate surface area is 165 Å². The van der Waals surface area contributed by atoms with Crippen LogP contribution in [-0.2, 0) is 24.4 Å². The lowest BCUT2D eigenvalue weighted by Crippen LogP contribution is -3.10. The van der Waals surface area contributed by atoms with Crippen molar-refractivity contribution in [2.75, 3.05) is 20.3 Å². The van der Waals surface area contributed by atoms with Crippen LogP contribution in [0.15, 0.2) is 66.9 Å². The number of benzene rings is 2. The molecule has 0 aliphatic carbocycles. The predicted octanol–water partition coefficient (Wildman–Crippen LogP) is 2.78. The molecule has 2 aromatic carbocycles. The number of methoxy groups -OCH3 is 1. The molecule has 1 heterocycles. The largest absolute Gasteiger partial charge is 0.379 e. The number of hydrogen-bond acceptors (Lipinski definition) is 2. The number of nitrogens with zero attached hydrogens (tertiary/aromatic N) is 2. The van der Waals surface area contributed by atoms with Gasteiger partial charge in [-0.05, 0) is 30.3 Å². The van der Waals surface area contributed by atoms with Crippen LogP contribution < -0.4 is 4.90 Å². The van der Waals surface area contributed by atoms with Crippen LogP contribution in [0, 0.1) is 17.1 Å². The van der Waals surface area contributed by atoms with E-state index in [9.17, 15) is 4.39 Å². The molecule has 0 aliphatic rings. The Morgan fingerprint density at radius 3 is 2.71 bits per heavy atom. The lowest BCUT2D eigenvalue weighted by molar-refractivity contribution is -0.928. The maximum absolute atomic E-state index is 14.0. The zero-order valence-corrected chi connectivity index (χ0v) is 16.1. The van der Waals surface area contributed by atoms with Gasteiger partial charge < -0.3 is 14.2 Å². The van der Waals surface area contributed by atoms with E-state index < -0.39 is 0 Å². The third kappa shape index (κ3) is 5.29. The Bertz CT molecular complexity index is 945. The van der Waals surface area contributed by atoms with E-state index >= 15 is 0 Å². The van der Waals surface area contributed by atoms with Crippen LogP contribution in [0.3, 0.4) is 0 Å². The third-order valence-corrected chi connectivity index (χ3v) is 4.82. The van der Waals surface area contributed by atoms with E-state index in [0.717, 1.165) is 30.9 Å². The Kier molecular flexibility index (Phi) is 6.96.